The lowest BCUT2D eigenvalue weighted by molar-refractivity contribution is 0.0533. The van der Waals surface area contributed by atoms with Crippen molar-refractivity contribution in [3.8, 4) is 0 Å². The fraction of sp³-hybridized carbons (Fsp3) is 0.360. The number of esters is 1. The highest BCUT2D eigenvalue weighted by Crippen LogP contribution is 2.42. The van der Waals surface area contributed by atoms with Gasteiger partial charge < -0.3 is 10.1 Å². The summed E-state index contributed by atoms with van der Waals surface area (Å²) in [5.41, 5.74) is 4.76. The largest absolute Gasteiger partial charge is 0.462 e. The van der Waals surface area contributed by atoms with Crippen molar-refractivity contribution in [2.45, 2.75) is 52.4 Å². The van der Waals surface area contributed by atoms with Gasteiger partial charge in [-0.2, -0.15) is 0 Å². The summed E-state index contributed by atoms with van der Waals surface area (Å²) in [5, 5.41) is 6.91. The third-order valence-electron chi connectivity index (χ3n) is 5.72. The number of ether oxygens (including phenoxy) is 1. The topological polar surface area (TPSA) is 80.3 Å². The molecule has 1 aromatic carbocycles. The minimum atomic E-state index is -0.415. The number of thiocarbonyl (C=S) groups is 1. The van der Waals surface area contributed by atoms with E-state index < -0.39 is 5.97 Å². The van der Waals surface area contributed by atoms with Gasteiger partial charge in [0.1, 0.15) is 9.71 Å². The number of aryl methyl sites for hydroxylation is 2. The number of pyridine rings is 1. The lowest BCUT2D eigenvalue weighted by atomic mass is 10.0. The van der Waals surface area contributed by atoms with Gasteiger partial charge in [0.2, 0.25) is 0 Å². The summed E-state index contributed by atoms with van der Waals surface area (Å²) < 4.78 is 5.32. The monoisotopic (exact) mass is 481 g/mol. The molecule has 1 amide bonds. The summed E-state index contributed by atoms with van der Waals surface area (Å²) in [4.78, 5) is 31.6. The Morgan fingerprint density at radius 2 is 1.91 bits per heavy atom. The molecule has 0 bridgehead atoms. The number of hydrogen-bond donors (Lipinski definition) is 2. The molecule has 0 fully saturated rings. The van der Waals surface area contributed by atoms with E-state index in [4.69, 9.17) is 21.9 Å². The lowest BCUT2D eigenvalue weighted by Gasteiger charge is -2.13. The molecule has 0 radical (unpaired) electrons. The third-order valence-corrected chi connectivity index (χ3v) is 6.99. The van der Waals surface area contributed by atoms with Gasteiger partial charge >= 0.3 is 5.97 Å². The van der Waals surface area contributed by atoms with Crippen molar-refractivity contribution < 1.29 is 14.3 Å². The van der Waals surface area contributed by atoms with E-state index in [1.54, 1.807) is 31.2 Å². The number of nitrogens with one attached hydrogen (secondary N) is 2. The summed E-state index contributed by atoms with van der Waals surface area (Å²) in [6.45, 7) is 4.23. The number of carbonyl (C=O) groups is 2. The van der Waals surface area contributed by atoms with Gasteiger partial charge in [-0.1, -0.05) is 31.5 Å². The fourth-order valence-corrected chi connectivity index (χ4v) is 5.49. The number of rotatable bonds is 7. The Bertz CT molecular complexity index is 1200. The zero-order chi connectivity index (χ0) is 23.4. The van der Waals surface area contributed by atoms with Gasteiger partial charge in [-0.05, 0) is 74.5 Å². The van der Waals surface area contributed by atoms with Gasteiger partial charge in [-0.3, -0.25) is 10.1 Å². The first-order chi connectivity index (χ1) is 16.0. The number of benzene rings is 1. The molecule has 1 aliphatic rings. The second-order valence-electron chi connectivity index (χ2n) is 7.95. The Morgan fingerprint density at radius 3 is 2.64 bits per heavy atom. The molecule has 2 N–H and O–H groups in total. The number of amides is 1. The van der Waals surface area contributed by atoms with Gasteiger partial charge in [0.15, 0.2) is 5.11 Å². The van der Waals surface area contributed by atoms with Crippen LogP contribution < -0.4 is 10.6 Å². The van der Waals surface area contributed by atoms with Gasteiger partial charge in [0.05, 0.1) is 12.3 Å². The highest BCUT2D eigenvalue weighted by molar-refractivity contribution is 7.80. The van der Waals surface area contributed by atoms with Crippen LogP contribution in [0.5, 0.6) is 0 Å². The highest BCUT2D eigenvalue weighted by Gasteiger charge is 2.28. The standard InChI is InChI=1S/C25H27N3O3S2/c1-3-5-14-18-16-12-9-13-17(16)19-20(21(24(30)31-4-2)33-23(19)26-18)27-25(32)28-22(29)15-10-7-6-8-11-15/h6-8,10-11H,3-5,9,12-14H2,1-2H3,(H2,27,28,29,32). The van der Waals surface area contributed by atoms with E-state index in [0.29, 0.717) is 16.1 Å². The summed E-state index contributed by atoms with van der Waals surface area (Å²) in [5.74, 6) is -0.724. The number of anilines is 1. The Hall–Kier alpha value is -2.84. The number of thiophene rings is 1. The minimum absolute atomic E-state index is 0.135. The Kier molecular flexibility index (Phi) is 7.35. The van der Waals surface area contributed by atoms with Crippen molar-refractivity contribution in [2.75, 3.05) is 11.9 Å². The van der Waals surface area contributed by atoms with Crippen LogP contribution in [0, 0.1) is 0 Å². The van der Waals surface area contributed by atoms with Crippen LogP contribution >= 0.6 is 23.6 Å². The normalized spacial score (nSPS) is 12.4. The molecule has 0 saturated carbocycles. The quantitative estimate of drug-likeness (QED) is 0.346. The molecular formula is C25H27N3O3S2. The van der Waals surface area contributed by atoms with E-state index in [1.165, 1.54) is 22.5 Å². The predicted molar refractivity (Wildman–Crippen MR) is 136 cm³/mol. The lowest BCUT2D eigenvalue weighted by Crippen LogP contribution is -2.34. The number of carbonyl (C=O) groups excluding carboxylic acids is 2. The van der Waals surface area contributed by atoms with E-state index >= 15 is 0 Å². The zero-order valence-electron chi connectivity index (χ0n) is 18.8. The second kappa shape index (κ2) is 10.4. The SMILES string of the molecule is CCCCc1nc2sc(C(=O)OCC)c(NC(=S)NC(=O)c3ccccc3)c2c2c1CCC2. The Balaban J connectivity index is 1.73. The number of aromatic nitrogens is 1. The summed E-state index contributed by atoms with van der Waals surface area (Å²) >= 11 is 6.77. The van der Waals surface area contributed by atoms with Crippen LogP contribution in [0.25, 0.3) is 10.2 Å². The van der Waals surface area contributed by atoms with Crippen molar-refractivity contribution in [2.24, 2.45) is 0 Å². The number of unbranched alkanes of at least 4 members (excludes halogenated alkanes) is 1. The minimum Gasteiger partial charge on any atom is -0.462 e. The molecule has 6 nitrogen and oxygen atoms in total. The van der Waals surface area contributed by atoms with E-state index in [0.717, 1.165) is 54.4 Å². The average molecular weight is 482 g/mol. The first-order valence-corrected chi connectivity index (χ1v) is 12.6. The van der Waals surface area contributed by atoms with Crippen LogP contribution in [0.1, 0.15) is 70.0 Å². The van der Waals surface area contributed by atoms with Crippen LogP contribution in [0.4, 0.5) is 5.69 Å². The Labute approximate surface area is 202 Å². The van der Waals surface area contributed by atoms with Crippen molar-refractivity contribution in [1.82, 2.24) is 10.3 Å². The van der Waals surface area contributed by atoms with Crippen LogP contribution in [-0.4, -0.2) is 28.6 Å². The maximum Gasteiger partial charge on any atom is 0.350 e. The second-order valence-corrected chi connectivity index (χ2v) is 9.36. The molecule has 8 heteroatoms. The highest BCUT2D eigenvalue weighted by atomic mass is 32.1. The molecule has 0 unspecified atom stereocenters. The fourth-order valence-electron chi connectivity index (χ4n) is 4.23. The van der Waals surface area contributed by atoms with Crippen molar-refractivity contribution >= 4 is 56.4 Å². The van der Waals surface area contributed by atoms with Gasteiger partial charge in [-0.25, -0.2) is 9.78 Å². The van der Waals surface area contributed by atoms with Crippen LogP contribution in [0.2, 0.25) is 0 Å². The molecule has 2 aromatic heterocycles. The molecule has 33 heavy (non-hydrogen) atoms. The average Bonchev–Trinajstić information content (AvgIpc) is 3.43. The molecular weight excluding hydrogens is 454 g/mol. The number of fused-ring (bicyclic) bond motifs is 3. The molecule has 172 valence electrons. The molecule has 0 saturated heterocycles. The maximum atomic E-state index is 12.8. The van der Waals surface area contributed by atoms with Crippen LogP contribution in [-0.2, 0) is 24.0 Å². The molecule has 4 rings (SSSR count). The maximum absolute atomic E-state index is 12.8. The molecule has 0 aliphatic heterocycles. The summed E-state index contributed by atoms with van der Waals surface area (Å²) in [6.07, 6.45) is 6.13. The van der Waals surface area contributed by atoms with Gasteiger partial charge in [-0.15, -0.1) is 11.3 Å². The third kappa shape index (κ3) is 4.91. The number of nitrogens with zero attached hydrogens (tertiary/aromatic N) is 1. The number of hydrogen-bond acceptors (Lipinski definition) is 6. The van der Waals surface area contributed by atoms with Gasteiger partial charge in [0.25, 0.3) is 5.91 Å². The van der Waals surface area contributed by atoms with Crippen molar-refractivity contribution in [3.63, 3.8) is 0 Å². The zero-order valence-corrected chi connectivity index (χ0v) is 20.5. The van der Waals surface area contributed by atoms with Crippen LogP contribution in [0.15, 0.2) is 30.3 Å². The summed E-state index contributed by atoms with van der Waals surface area (Å²) in [7, 11) is 0. The smallest absolute Gasteiger partial charge is 0.350 e. The predicted octanol–water partition coefficient (Wildman–Crippen LogP) is 5.43. The summed E-state index contributed by atoms with van der Waals surface area (Å²) in [6, 6.07) is 8.87. The van der Waals surface area contributed by atoms with E-state index in [2.05, 4.69) is 17.6 Å². The van der Waals surface area contributed by atoms with Crippen molar-refractivity contribution in [3.05, 3.63) is 57.6 Å². The Morgan fingerprint density at radius 1 is 1.15 bits per heavy atom. The van der Waals surface area contributed by atoms with E-state index in [-0.39, 0.29) is 17.6 Å². The van der Waals surface area contributed by atoms with Crippen molar-refractivity contribution in [1.29, 1.82) is 0 Å². The molecule has 0 spiro atoms. The molecule has 0 atom stereocenters. The first-order valence-electron chi connectivity index (χ1n) is 11.3. The van der Waals surface area contributed by atoms with Gasteiger partial charge in [0, 0.05) is 16.6 Å². The molecule has 1 aliphatic carbocycles. The molecule has 3 aromatic rings. The van der Waals surface area contributed by atoms with Crippen LogP contribution in [0.3, 0.4) is 0 Å². The van der Waals surface area contributed by atoms with E-state index in [1.807, 2.05) is 6.07 Å². The van der Waals surface area contributed by atoms with E-state index in [9.17, 15) is 9.59 Å². The first kappa shape index (κ1) is 23.3. The molecule has 2 heterocycles.